The molecule has 0 aliphatic heterocycles. The molecule has 0 aliphatic carbocycles. The lowest BCUT2D eigenvalue weighted by atomic mass is 10.1. The number of quaternary nitrogens is 1. The summed E-state index contributed by atoms with van der Waals surface area (Å²) in [5, 5.41) is 23.4. The number of anilines is 1. The maximum Gasteiger partial charge on any atom is 0.477 e. The van der Waals surface area contributed by atoms with Crippen molar-refractivity contribution in [2.45, 2.75) is 0 Å². The van der Waals surface area contributed by atoms with E-state index in [1.165, 1.54) is 5.01 Å². The van der Waals surface area contributed by atoms with Gasteiger partial charge in [-0.05, 0) is 35.0 Å². The number of rotatable bonds is 6. The standard InChI is InChI=1S/C33H24N6O/c40-33(38(27-17-3-1-4-18-27)36-34-31-23-11-15-25-13-7-9-21-29(25)31)39(28-19-5-2-6-20-28)37-35-32-24-12-16-26-14-8-10-22-30(26)32/h1-24H/p+1. The van der Waals surface area contributed by atoms with Gasteiger partial charge < -0.3 is 0 Å². The topological polar surface area (TPSA) is 74.2 Å². The fourth-order valence-electron chi connectivity index (χ4n) is 4.49. The highest BCUT2D eigenvalue weighted by molar-refractivity contribution is 5.93. The Morgan fingerprint density at radius 3 is 1.65 bits per heavy atom. The maximum absolute atomic E-state index is 14.2. The number of carbonyl (C=O) groups excluding carboxylic acids is 1. The van der Waals surface area contributed by atoms with Crippen LogP contribution in [-0.2, 0) is 0 Å². The summed E-state index contributed by atoms with van der Waals surface area (Å²) in [5.41, 5.74) is 2.51. The number of fused-ring (bicyclic) bond motifs is 2. The average molecular weight is 522 g/mol. The third-order valence-corrected chi connectivity index (χ3v) is 6.48. The minimum atomic E-state index is -0.453. The summed E-state index contributed by atoms with van der Waals surface area (Å²) in [4.78, 5) is 14.2. The summed E-state index contributed by atoms with van der Waals surface area (Å²) >= 11 is 0. The molecule has 2 amide bonds. The zero-order chi connectivity index (χ0) is 27.1. The molecule has 0 saturated heterocycles. The fourth-order valence-corrected chi connectivity index (χ4v) is 4.49. The van der Waals surface area contributed by atoms with Crippen molar-refractivity contribution >= 4 is 50.3 Å². The summed E-state index contributed by atoms with van der Waals surface area (Å²) in [6.07, 6.45) is 0. The van der Waals surface area contributed by atoms with E-state index < -0.39 is 6.03 Å². The monoisotopic (exact) mass is 521 g/mol. The van der Waals surface area contributed by atoms with Gasteiger partial charge in [0.2, 0.25) is 0 Å². The van der Waals surface area contributed by atoms with Crippen molar-refractivity contribution in [1.82, 2.24) is 0 Å². The predicted molar refractivity (Wildman–Crippen MR) is 158 cm³/mol. The fraction of sp³-hybridized carbons (Fsp3) is 0. The SMILES string of the molecule is O=C(N(N=Nc1cccc2ccccc12)c1ccccc1)[NH+](N=Nc1cccc2ccccc12)c1ccccc1. The van der Waals surface area contributed by atoms with Gasteiger partial charge >= 0.3 is 6.03 Å². The van der Waals surface area contributed by atoms with Crippen LogP contribution in [0.5, 0.6) is 0 Å². The Bertz CT molecular complexity index is 1690. The molecule has 1 N–H and O–H groups in total. The smallest absolute Gasteiger partial charge is 0.201 e. The van der Waals surface area contributed by atoms with Crippen molar-refractivity contribution in [1.29, 1.82) is 0 Å². The quantitative estimate of drug-likeness (QED) is 0.173. The number of hydrogen-bond donors (Lipinski definition) is 1. The highest BCUT2D eigenvalue weighted by Gasteiger charge is 2.31. The van der Waals surface area contributed by atoms with E-state index in [1.54, 1.807) is 0 Å². The second kappa shape index (κ2) is 11.5. The summed E-state index contributed by atoms with van der Waals surface area (Å²) in [6, 6.07) is 45.6. The molecule has 1 atom stereocenters. The van der Waals surface area contributed by atoms with E-state index in [4.69, 9.17) is 0 Å². The van der Waals surface area contributed by atoms with E-state index in [2.05, 4.69) is 20.7 Å². The Morgan fingerprint density at radius 1 is 0.525 bits per heavy atom. The molecular weight excluding hydrogens is 496 g/mol. The molecule has 1 unspecified atom stereocenters. The van der Waals surface area contributed by atoms with Crippen LogP contribution < -0.4 is 10.0 Å². The normalized spacial score (nSPS) is 12.3. The van der Waals surface area contributed by atoms with E-state index in [-0.39, 0.29) is 5.01 Å². The van der Waals surface area contributed by atoms with Gasteiger partial charge in [0.15, 0.2) is 5.69 Å². The Kier molecular flexibility index (Phi) is 7.11. The molecule has 0 saturated carbocycles. The van der Waals surface area contributed by atoms with Crippen LogP contribution in [0.3, 0.4) is 0 Å². The lowest BCUT2D eigenvalue weighted by Crippen LogP contribution is -3.07. The highest BCUT2D eigenvalue weighted by atomic mass is 16.2. The average Bonchev–Trinajstić information content (AvgIpc) is 3.02. The van der Waals surface area contributed by atoms with Crippen molar-refractivity contribution < 1.29 is 9.80 Å². The van der Waals surface area contributed by atoms with Gasteiger partial charge in [-0.25, -0.2) is 4.79 Å². The van der Waals surface area contributed by atoms with Crippen LogP contribution in [0.25, 0.3) is 21.5 Å². The number of hydrogen-bond acceptors (Lipinski definition) is 5. The lowest BCUT2D eigenvalue weighted by molar-refractivity contribution is -0.754. The number of carbonyl (C=O) groups is 1. The van der Waals surface area contributed by atoms with Crippen LogP contribution in [0.4, 0.5) is 27.5 Å². The van der Waals surface area contributed by atoms with Gasteiger partial charge in [-0.15, -0.1) is 10.1 Å². The van der Waals surface area contributed by atoms with Crippen LogP contribution in [0.15, 0.2) is 166 Å². The Labute approximate surface area is 231 Å². The third-order valence-electron chi connectivity index (χ3n) is 6.48. The van der Waals surface area contributed by atoms with Crippen LogP contribution in [0, 0.1) is 0 Å². The minimum absolute atomic E-state index is 0.147. The van der Waals surface area contributed by atoms with Crippen molar-refractivity contribution in [3.8, 4) is 0 Å². The van der Waals surface area contributed by atoms with Gasteiger partial charge in [-0.1, -0.05) is 125 Å². The van der Waals surface area contributed by atoms with Gasteiger partial charge in [0, 0.05) is 28.1 Å². The molecule has 7 heteroatoms. The van der Waals surface area contributed by atoms with Gasteiger partial charge in [0.05, 0.1) is 17.1 Å². The van der Waals surface area contributed by atoms with Gasteiger partial charge in [-0.2, -0.15) is 0 Å². The van der Waals surface area contributed by atoms with E-state index in [1.807, 2.05) is 146 Å². The van der Waals surface area contributed by atoms with Gasteiger partial charge in [0.25, 0.3) is 0 Å². The molecule has 7 nitrogen and oxygen atoms in total. The number of para-hydroxylation sites is 2. The molecule has 0 radical (unpaired) electrons. The Balaban J connectivity index is 1.42. The molecule has 40 heavy (non-hydrogen) atoms. The molecule has 0 aliphatic rings. The molecule has 0 bridgehead atoms. The number of benzene rings is 6. The van der Waals surface area contributed by atoms with Crippen molar-refractivity contribution in [2.24, 2.45) is 20.7 Å². The Morgan fingerprint density at radius 2 is 1.02 bits per heavy atom. The first-order valence-corrected chi connectivity index (χ1v) is 12.9. The lowest BCUT2D eigenvalue weighted by Gasteiger charge is -2.17. The Hall–Kier alpha value is -5.53. The molecular formula is C33H25N6O+. The number of amides is 2. The van der Waals surface area contributed by atoms with E-state index in [9.17, 15) is 4.79 Å². The molecule has 0 aromatic heterocycles. The third kappa shape index (κ3) is 5.22. The predicted octanol–water partition coefficient (Wildman–Crippen LogP) is 8.53. The molecule has 0 fully saturated rings. The zero-order valence-corrected chi connectivity index (χ0v) is 21.5. The van der Waals surface area contributed by atoms with E-state index in [0.29, 0.717) is 22.7 Å². The van der Waals surface area contributed by atoms with E-state index in [0.717, 1.165) is 21.5 Å². The van der Waals surface area contributed by atoms with Gasteiger partial charge in [-0.3, -0.25) is 0 Å². The molecule has 6 aromatic carbocycles. The summed E-state index contributed by atoms with van der Waals surface area (Å²) in [6.45, 7) is 0. The molecule has 6 rings (SSSR count). The minimum Gasteiger partial charge on any atom is -0.201 e. The molecule has 0 heterocycles. The van der Waals surface area contributed by atoms with E-state index >= 15 is 0 Å². The highest BCUT2D eigenvalue weighted by Crippen LogP contribution is 2.27. The van der Waals surface area contributed by atoms with Crippen molar-refractivity contribution in [3.05, 3.63) is 146 Å². The second-order valence-electron chi connectivity index (χ2n) is 9.05. The van der Waals surface area contributed by atoms with Crippen LogP contribution >= 0.6 is 0 Å². The first kappa shape index (κ1) is 24.8. The van der Waals surface area contributed by atoms with Crippen LogP contribution in [0.2, 0.25) is 0 Å². The molecule has 192 valence electrons. The summed E-state index contributed by atoms with van der Waals surface area (Å²) < 4.78 is 0. The first-order chi connectivity index (χ1) is 19.8. The number of nitrogens with one attached hydrogen (secondary N) is 1. The maximum atomic E-state index is 14.2. The summed E-state index contributed by atoms with van der Waals surface area (Å²) in [5.74, 6) is 0. The second-order valence-corrected chi connectivity index (χ2v) is 9.05. The zero-order valence-electron chi connectivity index (χ0n) is 21.5. The van der Waals surface area contributed by atoms with Crippen molar-refractivity contribution in [3.63, 3.8) is 0 Å². The van der Waals surface area contributed by atoms with Crippen LogP contribution in [0.1, 0.15) is 0 Å². The molecule has 6 aromatic rings. The van der Waals surface area contributed by atoms with Gasteiger partial charge in [0.1, 0.15) is 0 Å². The first-order valence-electron chi connectivity index (χ1n) is 12.9. The molecule has 0 spiro atoms. The number of nitrogens with zero attached hydrogens (tertiary/aromatic N) is 5. The summed E-state index contributed by atoms with van der Waals surface area (Å²) in [7, 11) is 0. The van der Waals surface area contributed by atoms with Crippen molar-refractivity contribution in [2.75, 3.05) is 5.01 Å². The largest absolute Gasteiger partial charge is 0.477 e. The number of urea groups is 1. The van der Waals surface area contributed by atoms with Crippen LogP contribution in [-0.4, -0.2) is 6.03 Å².